The molecule has 0 aliphatic heterocycles. The van der Waals surface area contributed by atoms with E-state index < -0.39 is 0 Å². The lowest BCUT2D eigenvalue weighted by Gasteiger charge is -2.21. The molecule has 0 bridgehead atoms. The van der Waals surface area contributed by atoms with Gasteiger partial charge < -0.3 is 4.90 Å². The van der Waals surface area contributed by atoms with Gasteiger partial charge in [0.25, 0.3) is 0 Å². The summed E-state index contributed by atoms with van der Waals surface area (Å²) in [4.78, 5) is 2.12. The number of hydrogen-bond donors (Lipinski definition) is 0. The van der Waals surface area contributed by atoms with Crippen molar-refractivity contribution in [3.05, 3.63) is 54.4 Å². The molecule has 18 heavy (non-hydrogen) atoms. The number of hydrogen-bond acceptors (Lipinski definition) is 1. The summed E-state index contributed by atoms with van der Waals surface area (Å²) in [6, 6.07) is 8.73. The Morgan fingerprint density at radius 1 is 1.39 bits per heavy atom. The highest BCUT2D eigenvalue weighted by molar-refractivity contribution is 5.55. The summed E-state index contributed by atoms with van der Waals surface area (Å²) in [5.74, 6) is 0.751. The van der Waals surface area contributed by atoms with Crippen molar-refractivity contribution in [3.63, 3.8) is 0 Å². The molecule has 0 amide bonds. The van der Waals surface area contributed by atoms with E-state index in [0.717, 1.165) is 18.0 Å². The fourth-order valence-electron chi connectivity index (χ4n) is 1.90. The highest BCUT2D eigenvalue weighted by Crippen LogP contribution is 2.21. The molecule has 1 aromatic rings. The molecule has 0 aliphatic carbocycles. The van der Waals surface area contributed by atoms with Crippen molar-refractivity contribution in [1.82, 2.24) is 0 Å². The van der Waals surface area contributed by atoms with Gasteiger partial charge in [0.1, 0.15) is 0 Å². The van der Waals surface area contributed by atoms with Crippen LogP contribution in [0.5, 0.6) is 0 Å². The molecule has 0 aliphatic rings. The number of nitrogens with zero attached hydrogens (tertiary/aromatic N) is 1. The van der Waals surface area contributed by atoms with Crippen LogP contribution in [0.4, 0.5) is 5.69 Å². The number of anilines is 1. The van der Waals surface area contributed by atoms with Crippen molar-refractivity contribution in [2.45, 2.75) is 40.5 Å². The normalized spacial score (nSPS) is 11.2. The van der Waals surface area contributed by atoms with E-state index in [4.69, 9.17) is 0 Å². The van der Waals surface area contributed by atoms with Gasteiger partial charge in [0.15, 0.2) is 0 Å². The van der Waals surface area contributed by atoms with Gasteiger partial charge in [0, 0.05) is 17.6 Å². The van der Waals surface area contributed by atoms with Crippen molar-refractivity contribution in [1.29, 1.82) is 0 Å². The lowest BCUT2D eigenvalue weighted by molar-refractivity contribution is 0.587. The van der Waals surface area contributed by atoms with Crippen molar-refractivity contribution < 1.29 is 0 Å². The van der Waals surface area contributed by atoms with E-state index >= 15 is 0 Å². The first-order valence-electron chi connectivity index (χ1n) is 6.71. The van der Waals surface area contributed by atoms with Crippen LogP contribution in [0, 0.1) is 5.92 Å². The zero-order valence-electron chi connectivity index (χ0n) is 12.1. The third kappa shape index (κ3) is 4.40. The Kier molecular flexibility index (Phi) is 5.70. The smallest absolute Gasteiger partial charge is 0.0454 e. The van der Waals surface area contributed by atoms with E-state index in [1.807, 2.05) is 19.9 Å². The third-order valence-corrected chi connectivity index (χ3v) is 2.91. The van der Waals surface area contributed by atoms with Crippen molar-refractivity contribution >= 4 is 5.69 Å². The van der Waals surface area contributed by atoms with Crippen LogP contribution in [-0.2, 0) is 6.42 Å². The van der Waals surface area contributed by atoms with Crippen LogP contribution < -0.4 is 4.90 Å². The summed E-state index contributed by atoms with van der Waals surface area (Å²) in [7, 11) is 0. The second-order valence-electron chi connectivity index (χ2n) is 5.19. The highest BCUT2D eigenvalue weighted by atomic mass is 15.1. The van der Waals surface area contributed by atoms with Crippen LogP contribution in [-0.4, -0.2) is 0 Å². The van der Waals surface area contributed by atoms with Gasteiger partial charge in [-0.05, 0) is 50.3 Å². The predicted octanol–water partition coefficient (Wildman–Crippen LogP) is 5.15. The molecule has 1 heteroatoms. The van der Waals surface area contributed by atoms with E-state index in [2.05, 4.69) is 55.8 Å². The Hall–Kier alpha value is -1.50. The summed E-state index contributed by atoms with van der Waals surface area (Å²) >= 11 is 0. The van der Waals surface area contributed by atoms with Crippen LogP contribution in [0.3, 0.4) is 0 Å². The second kappa shape index (κ2) is 7.05. The zero-order chi connectivity index (χ0) is 13.5. The summed E-state index contributed by atoms with van der Waals surface area (Å²) in [5.41, 5.74) is 3.63. The summed E-state index contributed by atoms with van der Waals surface area (Å²) in [5, 5.41) is 0. The SMILES string of the molecule is C=C(C)N(/C=C\C)c1cccc(CCC(C)C)c1. The second-order valence-corrected chi connectivity index (χ2v) is 5.19. The molecule has 0 N–H and O–H groups in total. The van der Waals surface area contributed by atoms with Gasteiger partial charge in [-0.2, -0.15) is 0 Å². The van der Waals surface area contributed by atoms with Crippen molar-refractivity contribution in [2.75, 3.05) is 4.90 Å². The molecular weight excluding hydrogens is 218 g/mol. The first-order chi connectivity index (χ1) is 8.54. The lowest BCUT2D eigenvalue weighted by atomic mass is 10.0. The van der Waals surface area contributed by atoms with Gasteiger partial charge in [-0.15, -0.1) is 0 Å². The number of benzene rings is 1. The van der Waals surface area contributed by atoms with Gasteiger partial charge in [-0.3, -0.25) is 0 Å². The molecule has 0 radical (unpaired) electrons. The fraction of sp³-hybridized carbons (Fsp3) is 0.412. The summed E-state index contributed by atoms with van der Waals surface area (Å²) < 4.78 is 0. The lowest BCUT2D eigenvalue weighted by Crippen LogP contribution is -2.12. The van der Waals surface area contributed by atoms with Crippen LogP contribution in [0.25, 0.3) is 0 Å². The quantitative estimate of drug-likeness (QED) is 0.668. The largest absolute Gasteiger partial charge is 0.322 e. The molecule has 98 valence electrons. The van der Waals surface area contributed by atoms with E-state index in [0.29, 0.717) is 0 Å². The molecule has 1 rings (SSSR count). The Balaban J connectivity index is 2.88. The molecule has 0 unspecified atom stereocenters. The Morgan fingerprint density at radius 2 is 2.11 bits per heavy atom. The maximum absolute atomic E-state index is 4.03. The van der Waals surface area contributed by atoms with Gasteiger partial charge in [-0.1, -0.05) is 38.6 Å². The average Bonchev–Trinajstić information content (AvgIpc) is 2.33. The molecule has 0 saturated heterocycles. The van der Waals surface area contributed by atoms with Gasteiger partial charge in [-0.25, -0.2) is 0 Å². The molecular formula is C17H25N. The maximum atomic E-state index is 4.03. The Bertz CT molecular complexity index is 415. The minimum atomic E-state index is 0.751. The number of allylic oxidation sites excluding steroid dienone is 2. The zero-order valence-corrected chi connectivity index (χ0v) is 12.1. The van der Waals surface area contributed by atoms with Crippen LogP contribution in [0.1, 0.15) is 39.7 Å². The Labute approximate surface area is 112 Å². The van der Waals surface area contributed by atoms with Crippen LogP contribution in [0.2, 0.25) is 0 Å². The van der Waals surface area contributed by atoms with E-state index in [9.17, 15) is 0 Å². The molecule has 0 fully saturated rings. The van der Waals surface area contributed by atoms with Gasteiger partial charge in [0.05, 0.1) is 0 Å². The number of rotatable bonds is 6. The minimum absolute atomic E-state index is 0.751. The maximum Gasteiger partial charge on any atom is 0.0454 e. The molecule has 1 nitrogen and oxygen atoms in total. The molecule has 1 aromatic carbocycles. The molecule has 0 heterocycles. The average molecular weight is 243 g/mol. The van der Waals surface area contributed by atoms with Gasteiger partial charge >= 0.3 is 0 Å². The van der Waals surface area contributed by atoms with E-state index in [1.165, 1.54) is 17.7 Å². The molecule has 0 spiro atoms. The number of aryl methyl sites for hydroxylation is 1. The minimum Gasteiger partial charge on any atom is -0.322 e. The molecule has 0 atom stereocenters. The van der Waals surface area contributed by atoms with Crippen LogP contribution in [0.15, 0.2) is 48.8 Å². The van der Waals surface area contributed by atoms with E-state index in [-0.39, 0.29) is 0 Å². The first-order valence-corrected chi connectivity index (χ1v) is 6.71. The summed E-state index contributed by atoms with van der Waals surface area (Å²) in [6.07, 6.45) is 6.48. The topological polar surface area (TPSA) is 3.24 Å². The van der Waals surface area contributed by atoms with Crippen LogP contribution >= 0.6 is 0 Å². The monoisotopic (exact) mass is 243 g/mol. The molecule has 0 aromatic heterocycles. The Morgan fingerprint density at radius 3 is 2.67 bits per heavy atom. The first kappa shape index (κ1) is 14.6. The van der Waals surface area contributed by atoms with Crippen molar-refractivity contribution in [3.8, 4) is 0 Å². The highest BCUT2D eigenvalue weighted by Gasteiger charge is 2.05. The molecule has 0 saturated carbocycles. The fourth-order valence-corrected chi connectivity index (χ4v) is 1.90. The van der Waals surface area contributed by atoms with E-state index in [1.54, 1.807) is 0 Å². The standard InChI is InChI=1S/C17H25N/c1-6-12-18(15(4)5)17-9-7-8-16(13-17)11-10-14(2)3/h6-9,12-14H,4,10-11H2,1-3,5H3/b12-6-. The van der Waals surface area contributed by atoms with Crippen molar-refractivity contribution in [2.24, 2.45) is 5.92 Å². The third-order valence-electron chi connectivity index (χ3n) is 2.91. The predicted molar refractivity (Wildman–Crippen MR) is 81.7 cm³/mol. The summed E-state index contributed by atoms with van der Waals surface area (Å²) in [6.45, 7) is 12.6. The van der Waals surface area contributed by atoms with Gasteiger partial charge in [0.2, 0.25) is 0 Å².